The number of ether oxygens (including phenoxy) is 3. The molecule has 1 aliphatic heterocycles. The number of carbonyl (C=O) groups is 2. The van der Waals surface area contributed by atoms with E-state index in [1.54, 1.807) is 7.11 Å². The maximum atomic E-state index is 12.2. The molecule has 0 amide bonds. The molecule has 0 aromatic carbocycles. The molecule has 3 aliphatic rings. The molecule has 0 spiro atoms. The van der Waals surface area contributed by atoms with Crippen molar-refractivity contribution in [1.82, 2.24) is 5.32 Å². The Morgan fingerprint density at radius 3 is 2.40 bits per heavy atom. The maximum absolute atomic E-state index is 12.2. The molecule has 2 aliphatic carbocycles. The van der Waals surface area contributed by atoms with Gasteiger partial charge in [0.2, 0.25) is 0 Å². The van der Waals surface area contributed by atoms with Crippen LogP contribution in [-0.4, -0.2) is 73.0 Å². The van der Waals surface area contributed by atoms with Gasteiger partial charge in [-0.2, -0.15) is 0 Å². The number of hydrogen-bond acceptors (Lipinski definition) is 9. The molecular formula is C31H56N2O7. The fourth-order valence-corrected chi connectivity index (χ4v) is 7.92. The van der Waals surface area contributed by atoms with Gasteiger partial charge in [0.1, 0.15) is 12.2 Å². The summed E-state index contributed by atoms with van der Waals surface area (Å²) in [6, 6.07) is 0. The Labute approximate surface area is 241 Å². The molecule has 3 rings (SSSR count). The van der Waals surface area contributed by atoms with Crippen molar-refractivity contribution < 1.29 is 34.0 Å². The monoisotopic (exact) mass is 568 g/mol. The number of rotatable bonds is 12. The van der Waals surface area contributed by atoms with E-state index in [0.717, 1.165) is 70.8 Å². The van der Waals surface area contributed by atoms with E-state index in [1.165, 1.54) is 20.3 Å². The highest BCUT2D eigenvalue weighted by molar-refractivity contribution is 5.66. The number of methoxy groups -OCH3 is 1. The molecule has 0 aromatic rings. The van der Waals surface area contributed by atoms with Crippen LogP contribution in [0.15, 0.2) is 0 Å². The quantitative estimate of drug-likeness (QED) is 0.260. The van der Waals surface area contributed by atoms with Crippen LogP contribution in [0.2, 0.25) is 0 Å². The summed E-state index contributed by atoms with van der Waals surface area (Å²) in [6.45, 7) is 3.96. The number of nitrogens with two attached hydrogens (primary N) is 1. The first-order valence-electron chi connectivity index (χ1n) is 15.8. The average Bonchev–Trinajstić information content (AvgIpc) is 2.88. The summed E-state index contributed by atoms with van der Waals surface area (Å²) >= 11 is 0. The lowest BCUT2D eigenvalue weighted by atomic mass is 9.66. The van der Waals surface area contributed by atoms with Crippen molar-refractivity contribution in [2.45, 2.75) is 134 Å². The largest absolute Gasteiger partial charge is 0.462 e. The van der Waals surface area contributed by atoms with E-state index in [4.69, 9.17) is 19.9 Å². The zero-order chi connectivity index (χ0) is 29.1. The second-order valence-electron chi connectivity index (χ2n) is 12.8. The summed E-state index contributed by atoms with van der Waals surface area (Å²) < 4.78 is 17.4. The number of aliphatic hydroxyl groups is 2. The van der Waals surface area contributed by atoms with E-state index >= 15 is 0 Å². The summed E-state index contributed by atoms with van der Waals surface area (Å²) in [4.78, 5) is 24.4. The molecule has 232 valence electrons. The first-order chi connectivity index (χ1) is 19.2. The van der Waals surface area contributed by atoms with Crippen LogP contribution in [0.25, 0.3) is 0 Å². The Balaban J connectivity index is 1.73. The molecule has 1 saturated heterocycles. The number of carbonyl (C=O) groups excluding carboxylic acids is 2. The zero-order valence-electron chi connectivity index (χ0n) is 25.1. The standard InChI is InChI=1S/C31H56N2O7/c1-20(35)39-26(18-29(40-21(2)36)25-8-6-4-5-7-22(15-25)12-14-34)10-9-23-16-30(38-3)28(37)19-27(23)24-11-13-33-31(32)17-24/h22-31,33-34,37H,4-19,32H2,1-3H3/t22-,23?,24?,25+,26+,27?,28?,29+,30?,31?/m0/s1. The van der Waals surface area contributed by atoms with Crippen molar-refractivity contribution in [2.75, 3.05) is 20.3 Å². The second-order valence-corrected chi connectivity index (χ2v) is 12.8. The zero-order valence-corrected chi connectivity index (χ0v) is 25.1. The minimum Gasteiger partial charge on any atom is -0.462 e. The molecule has 5 N–H and O–H groups in total. The van der Waals surface area contributed by atoms with Gasteiger partial charge in [-0.3, -0.25) is 9.59 Å². The van der Waals surface area contributed by atoms with E-state index in [9.17, 15) is 19.8 Å². The van der Waals surface area contributed by atoms with Gasteiger partial charge < -0.3 is 35.5 Å². The van der Waals surface area contributed by atoms with Gasteiger partial charge >= 0.3 is 11.9 Å². The van der Waals surface area contributed by atoms with Crippen LogP contribution in [-0.2, 0) is 23.8 Å². The number of nitrogens with one attached hydrogen (secondary N) is 1. The second kappa shape index (κ2) is 17.0. The van der Waals surface area contributed by atoms with Gasteiger partial charge in [-0.1, -0.05) is 25.7 Å². The lowest BCUT2D eigenvalue weighted by molar-refractivity contribution is -0.156. The fourth-order valence-electron chi connectivity index (χ4n) is 7.92. The summed E-state index contributed by atoms with van der Waals surface area (Å²) in [5.41, 5.74) is 6.25. The summed E-state index contributed by atoms with van der Waals surface area (Å²) in [5.74, 6) is 1.07. The highest BCUT2D eigenvalue weighted by atomic mass is 16.6. The van der Waals surface area contributed by atoms with Crippen LogP contribution in [0.5, 0.6) is 0 Å². The number of esters is 2. The summed E-state index contributed by atoms with van der Waals surface area (Å²) in [6.07, 6.45) is 11.2. The van der Waals surface area contributed by atoms with E-state index in [2.05, 4.69) is 5.32 Å². The van der Waals surface area contributed by atoms with Crippen LogP contribution in [0, 0.1) is 29.6 Å². The van der Waals surface area contributed by atoms with Crippen LogP contribution < -0.4 is 11.1 Å². The van der Waals surface area contributed by atoms with Gasteiger partial charge in [-0.15, -0.1) is 0 Å². The van der Waals surface area contributed by atoms with Crippen molar-refractivity contribution in [3.05, 3.63) is 0 Å². The lowest BCUT2D eigenvalue weighted by Crippen LogP contribution is -2.49. The highest BCUT2D eigenvalue weighted by Crippen LogP contribution is 2.43. The Morgan fingerprint density at radius 1 is 0.975 bits per heavy atom. The summed E-state index contributed by atoms with van der Waals surface area (Å²) in [5, 5.41) is 23.7. The summed E-state index contributed by atoms with van der Waals surface area (Å²) in [7, 11) is 1.66. The van der Waals surface area contributed by atoms with E-state index < -0.39 is 6.10 Å². The average molecular weight is 569 g/mol. The molecule has 1 heterocycles. The SMILES string of the molecule is COC1CC(CC[C@H](C[C@@H](OC(C)=O)[C@@H]2CCCCC[C@@H](CCO)C2)OC(C)=O)C(C2CCNC(N)C2)CC1O. The van der Waals surface area contributed by atoms with Gasteiger partial charge in [0.25, 0.3) is 0 Å². The molecule has 40 heavy (non-hydrogen) atoms. The third kappa shape index (κ3) is 10.5. The van der Waals surface area contributed by atoms with Crippen molar-refractivity contribution >= 4 is 11.9 Å². The van der Waals surface area contributed by atoms with E-state index in [0.29, 0.717) is 42.9 Å². The Kier molecular flexibility index (Phi) is 14.1. The minimum absolute atomic E-state index is 0.0200. The molecule has 9 heteroatoms. The Hall–Kier alpha value is -1.26. The molecule has 2 saturated carbocycles. The molecule has 9 nitrogen and oxygen atoms in total. The number of piperidine rings is 1. The number of aliphatic hydroxyl groups excluding tert-OH is 2. The third-order valence-electron chi connectivity index (χ3n) is 9.86. The highest BCUT2D eigenvalue weighted by Gasteiger charge is 2.41. The Bertz CT molecular complexity index is 768. The molecule has 0 bridgehead atoms. The molecule has 6 unspecified atom stereocenters. The molecular weight excluding hydrogens is 512 g/mol. The third-order valence-corrected chi connectivity index (χ3v) is 9.86. The number of hydrogen-bond donors (Lipinski definition) is 4. The van der Waals surface area contributed by atoms with Crippen LogP contribution in [0.1, 0.15) is 104 Å². The van der Waals surface area contributed by atoms with Crippen molar-refractivity contribution in [3.8, 4) is 0 Å². The molecule has 3 fully saturated rings. The predicted octanol–water partition coefficient (Wildman–Crippen LogP) is 3.68. The fraction of sp³-hybridized carbons (Fsp3) is 0.935. The first kappa shape index (κ1) is 33.2. The Morgan fingerprint density at radius 2 is 1.73 bits per heavy atom. The van der Waals surface area contributed by atoms with Crippen LogP contribution >= 0.6 is 0 Å². The van der Waals surface area contributed by atoms with E-state index in [1.807, 2.05) is 0 Å². The predicted molar refractivity (Wildman–Crippen MR) is 153 cm³/mol. The van der Waals surface area contributed by atoms with Gasteiger partial charge in [0.05, 0.1) is 18.4 Å². The van der Waals surface area contributed by atoms with Crippen molar-refractivity contribution in [1.29, 1.82) is 0 Å². The smallest absolute Gasteiger partial charge is 0.302 e. The first-order valence-corrected chi connectivity index (χ1v) is 15.8. The topological polar surface area (TPSA) is 140 Å². The molecule has 0 radical (unpaired) electrons. The maximum Gasteiger partial charge on any atom is 0.302 e. The van der Waals surface area contributed by atoms with Crippen molar-refractivity contribution in [2.24, 2.45) is 35.3 Å². The lowest BCUT2D eigenvalue weighted by Gasteiger charge is -2.45. The van der Waals surface area contributed by atoms with Crippen LogP contribution in [0.4, 0.5) is 0 Å². The van der Waals surface area contributed by atoms with Crippen molar-refractivity contribution in [3.63, 3.8) is 0 Å². The minimum atomic E-state index is -0.485. The van der Waals surface area contributed by atoms with Crippen LogP contribution in [0.3, 0.4) is 0 Å². The van der Waals surface area contributed by atoms with Gasteiger partial charge in [0, 0.05) is 34.0 Å². The van der Waals surface area contributed by atoms with Gasteiger partial charge in [-0.05, 0) is 93.9 Å². The van der Waals surface area contributed by atoms with Gasteiger partial charge in [0.15, 0.2) is 0 Å². The molecule has 10 atom stereocenters. The normalized spacial score (nSPS) is 35.1. The van der Waals surface area contributed by atoms with Gasteiger partial charge in [-0.25, -0.2) is 0 Å². The molecule has 0 aromatic heterocycles. The van der Waals surface area contributed by atoms with E-state index in [-0.39, 0.29) is 48.9 Å².